The highest BCUT2D eigenvalue weighted by Gasteiger charge is 2.32. The molecule has 38 heavy (non-hydrogen) atoms. The maximum Gasteiger partial charge on any atom is 0.281 e. The summed E-state index contributed by atoms with van der Waals surface area (Å²) in [7, 11) is 0. The lowest BCUT2D eigenvalue weighted by atomic mass is 10.00. The third-order valence-electron chi connectivity index (χ3n) is 6.07. The van der Waals surface area contributed by atoms with Crippen molar-refractivity contribution in [1.82, 2.24) is 0 Å². The van der Waals surface area contributed by atoms with Crippen LogP contribution in [0.2, 0.25) is 0 Å². The monoisotopic (exact) mass is 566 g/mol. The van der Waals surface area contributed by atoms with E-state index in [9.17, 15) is 4.79 Å². The summed E-state index contributed by atoms with van der Waals surface area (Å²) in [5.74, 6) is 1.03. The summed E-state index contributed by atoms with van der Waals surface area (Å²) in [4.78, 5) is 13.6. The Hall–Kier alpha value is -4.16. The summed E-state index contributed by atoms with van der Waals surface area (Å²) in [6.07, 6.45) is 1.86. The lowest BCUT2D eigenvalue weighted by molar-refractivity contribution is -0.114. The molecule has 0 aliphatic carbocycles. The smallest absolute Gasteiger partial charge is 0.281 e. The third-order valence-corrected chi connectivity index (χ3v) is 6.66. The number of amides is 1. The number of carbonyl (C=O) groups excluding carboxylic acids is 1. The fourth-order valence-electron chi connectivity index (χ4n) is 4.18. The van der Waals surface area contributed by atoms with E-state index in [0.29, 0.717) is 41.7 Å². The van der Waals surface area contributed by atoms with Gasteiger partial charge in [0.25, 0.3) is 5.91 Å². The molecule has 0 radical (unpaired) electrons. The SMILES string of the molecule is CCOc1cc(/C=C2\C(=O)N(c3ccccc3)N=C2c2ccccc2)cc(Br)c1OCc1ccc(C)cc1. The van der Waals surface area contributed by atoms with Gasteiger partial charge in [-0.3, -0.25) is 4.79 Å². The topological polar surface area (TPSA) is 51.1 Å². The van der Waals surface area contributed by atoms with Gasteiger partial charge in [-0.2, -0.15) is 10.1 Å². The number of nitrogens with zero attached hydrogens (tertiary/aromatic N) is 2. The summed E-state index contributed by atoms with van der Waals surface area (Å²) in [6, 6.07) is 31.2. The largest absolute Gasteiger partial charge is 0.490 e. The number of halogens is 1. The molecule has 0 fully saturated rings. The number of hydrogen-bond donors (Lipinski definition) is 0. The quantitative estimate of drug-likeness (QED) is 0.207. The van der Waals surface area contributed by atoms with Gasteiger partial charge in [-0.1, -0.05) is 78.4 Å². The average molecular weight is 567 g/mol. The predicted molar refractivity (Wildman–Crippen MR) is 156 cm³/mol. The Bertz CT molecular complexity index is 1500. The Balaban J connectivity index is 1.51. The van der Waals surface area contributed by atoms with E-state index >= 15 is 0 Å². The molecule has 1 heterocycles. The van der Waals surface area contributed by atoms with E-state index in [1.165, 1.54) is 10.6 Å². The van der Waals surface area contributed by atoms with Gasteiger partial charge in [0.2, 0.25) is 0 Å². The molecular formula is C32H27BrN2O3. The second-order valence-corrected chi connectivity index (χ2v) is 9.72. The maximum absolute atomic E-state index is 13.6. The molecule has 1 aliphatic rings. The van der Waals surface area contributed by atoms with Crippen LogP contribution in [0.1, 0.15) is 29.2 Å². The van der Waals surface area contributed by atoms with Crippen LogP contribution in [0.5, 0.6) is 11.5 Å². The zero-order valence-corrected chi connectivity index (χ0v) is 22.8. The standard InChI is InChI=1S/C32H27BrN2O3/c1-3-37-29-20-24(19-28(33)31(29)38-21-23-16-14-22(2)15-17-23)18-27-30(25-10-6-4-7-11-25)34-35(32(27)36)26-12-8-5-9-13-26/h4-20H,3,21H2,1-2H3/b27-18-. The molecule has 5 rings (SSSR count). The van der Waals surface area contributed by atoms with Crippen LogP contribution in [0.4, 0.5) is 5.69 Å². The number of rotatable bonds is 8. The van der Waals surface area contributed by atoms with E-state index in [2.05, 4.69) is 47.1 Å². The van der Waals surface area contributed by atoms with Gasteiger partial charge in [0, 0.05) is 5.56 Å². The van der Waals surface area contributed by atoms with Gasteiger partial charge in [-0.05, 0) is 71.2 Å². The number of aryl methyl sites for hydroxylation is 1. The van der Waals surface area contributed by atoms with Crippen molar-refractivity contribution in [1.29, 1.82) is 0 Å². The Morgan fingerprint density at radius 3 is 2.26 bits per heavy atom. The molecule has 0 bridgehead atoms. The van der Waals surface area contributed by atoms with E-state index in [0.717, 1.165) is 21.2 Å². The van der Waals surface area contributed by atoms with Gasteiger partial charge < -0.3 is 9.47 Å². The molecule has 0 atom stereocenters. The molecule has 0 aromatic heterocycles. The lowest BCUT2D eigenvalue weighted by Gasteiger charge is -2.15. The normalized spacial score (nSPS) is 14.1. The third kappa shape index (κ3) is 5.55. The van der Waals surface area contributed by atoms with Gasteiger partial charge >= 0.3 is 0 Å². The van der Waals surface area contributed by atoms with Crippen LogP contribution in [0.15, 0.2) is 112 Å². The highest BCUT2D eigenvalue weighted by Crippen LogP contribution is 2.39. The minimum Gasteiger partial charge on any atom is -0.490 e. The van der Waals surface area contributed by atoms with Crippen molar-refractivity contribution in [3.05, 3.63) is 129 Å². The van der Waals surface area contributed by atoms with Gasteiger partial charge in [-0.25, -0.2) is 0 Å². The van der Waals surface area contributed by atoms with Crippen molar-refractivity contribution >= 4 is 39.3 Å². The average Bonchev–Trinajstić information content (AvgIpc) is 3.26. The first kappa shape index (κ1) is 25.5. The van der Waals surface area contributed by atoms with Crippen LogP contribution in [0, 0.1) is 6.92 Å². The first-order valence-corrected chi connectivity index (χ1v) is 13.2. The second-order valence-electron chi connectivity index (χ2n) is 8.86. The van der Waals surface area contributed by atoms with Crippen molar-refractivity contribution in [2.45, 2.75) is 20.5 Å². The van der Waals surface area contributed by atoms with Gasteiger partial charge in [0.05, 0.1) is 22.3 Å². The Labute approximate surface area is 231 Å². The minimum atomic E-state index is -0.191. The van der Waals surface area contributed by atoms with Crippen molar-refractivity contribution in [2.75, 3.05) is 11.6 Å². The summed E-state index contributed by atoms with van der Waals surface area (Å²) in [5.41, 5.74) is 5.77. The number of benzene rings is 4. The van der Waals surface area contributed by atoms with Crippen LogP contribution in [-0.4, -0.2) is 18.2 Å². The number of hydrogen-bond acceptors (Lipinski definition) is 4. The van der Waals surface area contributed by atoms with Crippen LogP contribution in [0.3, 0.4) is 0 Å². The molecule has 6 heteroatoms. The van der Waals surface area contributed by atoms with Gasteiger partial charge in [-0.15, -0.1) is 0 Å². The van der Waals surface area contributed by atoms with Gasteiger partial charge in [0.15, 0.2) is 11.5 Å². The summed E-state index contributed by atoms with van der Waals surface area (Å²) in [6.45, 7) is 4.88. The highest BCUT2D eigenvalue weighted by molar-refractivity contribution is 9.10. The first-order valence-electron chi connectivity index (χ1n) is 12.4. The fourth-order valence-corrected chi connectivity index (χ4v) is 4.75. The molecule has 1 amide bonds. The van der Waals surface area contributed by atoms with Crippen molar-refractivity contribution in [2.24, 2.45) is 5.10 Å². The zero-order valence-electron chi connectivity index (χ0n) is 21.2. The van der Waals surface area contributed by atoms with Crippen LogP contribution in [0.25, 0.3) is 6.08 Å². The Morgan fingerprint density at radius 2 is 1.58 bits per heavy atom. The predicted octanol–water partition coefficient (Wildman–Crippen LogP) is 7.57. The molecule has 190 valence electrons. The summed E-state index contributed by atoms with van der Waals surface area (Å²) < 4.78 is 12.9. The van der Waals surface area contributed by atoms with Gasteiger partial charge in [0.1, 0.15) is 12.3 Å². The number of para-hydroxylation sites is 1. The van der Waals surface area contributed by atoms with Crippen LogP contribution in [-0.2, 0) is 11.4 Å². The van der Waals surface area contributed by atoms with E-state index in [1.807, 2.05) is 85.8 Å². The number of carbonyl (C=O) groups is 1. The number of ether oxygens (including phenoxy) is 2. The molecule has 1 aliphatic heterocycles. The number of anilines is 1. The molecule has 0 saturated carbocycles. The van der Waals surface area contributed by atoms with E-state index in [4.69, 9.17) is 14.6 Å². The highest BCUT2D eigenvalue weighted by atomic mass is 79.9. The zero-order chi connectivity index (χ0) is 26.5. The molecule has 0 saturated heterocycles. The van der Waals surface area contributed by atoms with Crippen molar-refractivity contribution < 1.29 is 14.3 Å². The maximum atomic E-state index is 13.6. The van der Waals surface area contributed by atoms with E-state index in [-0.39, 0.29) is 5.91 Å². The molecule has 0 spiro atoms. The lowest BCUT2D eigenvalue weighted by Crippen LogP contribution is -2.21. The Kier molecular flexibility index (Phi) is 7.70. The van der Waals surface area contributed by atoms with Crippen molar-refractivity contribution in [3.63, 3.8) is 0 Å². The van der Waals surface area contributed by atoms with Crippen molar-refractivity contribution in [3.8, 4) is 11.5 Å². The molecule has 5 nitrogen and oxygen atoms in total. The Morgan fingerprint density at radius 1 is 0.895 bits per heavy atom. The molecule has 4 aromatic carbocycles. The summed E-state index contributed by atoms with van der Waals surface area (Å²) in [5, 5.41) is 6.17. The molecular weight excluding hydrogens is 540 g/mol. The van der Waals surface area contributed by atoms with E-state index in [1.54, 1.807) is 0 Å². The van der Waals surface area contributed by atoms with Crippen LogP contribution >= 0.6 is 15.9 Å². The first-order chi connectivity index (χ1) is 18.5. The molecule has 0 unspecified atom stereocenters. The fraction of sp³-hybridized carbons (Fsp3) is 0.125. The molecule has 4 aromatic rings. The summed E-state index contributed by atoms with van der Waals surface area (Å²) >= 11 is 3.67. The van der Waals surface area contributed by atoms with E-state index < -0.39 is 0 Å². The second kappa shape index (κ2) is 11.5. The number of hydrazone groups is 1. The van der Waals surface area contributed by atoms with Crippen LogP contribution < -0.4 is 14.5 Å². The minimum absolute atomic E-state index is 0.191. The molecule has 0 N–H and O–H groups in total.